The van der Waals surface area contributed by atoms with Crippen LogP contribution < -0.4 is 0 Å². The van der Waals surface area contributed by atoms with Crippen molar-refractivity contribution in [1.82, 2.24) is 9.97 Å². The van der Waals surface area contributed by atoms with Crippen LogP contribution in [-0.4, -0.2) is 9.97 Å². The number of hydrogen-bond donors (Lipinski definition) is 0. The molecule has 8 heavy (non-hydrogen) atoms. The van der Waals surface area contributed by atoms with E-state index in [1.54, 1.807) is 6.20 Å². The summed E-state index contributed by atoms with van der Waals surface area (Å²) >= 11 is 0. The lowest BCUT2D eigenvalue weighted by molar-refractivity contribution is 1.10. The van der Waals surface area contributed by atoms with Gasteiger partial charge in [-0.2, -0.15) is 0 Å². The minimum absolute atomic E-state index is 0.806. The van der Waals surface area contributed by atoms with Crippen molar-refractivity contribution in [2.75, 3.05) is 0 Å². The fraction of sp³-hybridized carbons (Fsp3) is 0.167. The number of rotatable bonds is 0. The Morgan fingerprint density at radius 2 is 2.38 bits per heavy atom. The molecule has 1 aromatic rings. The monoisotopic (exact) mass is 107 g/mol. The van der Waals surface area contributed by atoms with E-state index in [0.29, 0.717) is 0 Å². The average molecular weight is 107 g/mol. The van der Waals surface area contributed by atoms with Gasteiger partial charge in [0.2, 0.25) is 0 Å². The van der Waals surface area contributed by atoms with Gasteiger partial charge in [-0.25, -0.2) is 9.97 Å². The van der Waals surface area contributed by atoms with Crippen LogP contribution in [-0.2, 0) is 0 Å². The van der Waals surface area contributed by atoms with Gasteiger partial charge in [0, 0.05) is 11.9 Å². The van der Waals surface area contributed by atoms with E-state index >= 15 is 0 Å². The first kappa shape index (κ1) is 5.22. The largest absolute Gasteiger partial charge is 0.245 e. The summed E-state index contributed by atoms with van der Waals surface area (Å²) in [4.78, 5) is 7.65. The highest BCUT2D eigenvalue weighted by molar-refractivity contribution is 5.15. The summed E-state index contributed by atoms with van der Waals surface area (Å²) in [6, 6.07) is 0. The molecule has 0 atom stereocenters. The minimum Gasteiger partial charge on any atom is -0.245 e. The minimum atomic E-state index is 0.806. The fourth-order valence-electron chi connectivity index (χ4n) is 0.424. The summed E-state index contributed by atoms with van der Waals surface area (Å²) in [5.74, 6) is 0. The van der Waals surface area contributed by atoms with Crippen LogP contribution in [0.3, 0.4) is 0 Å². The Morgan fingerprint density at radius 1 is 1.62 bits per heavy atom. The van der Waals surface area contributed by atoms with Gasteiger partial charge in [-0.05, 0) is 19.4 Å². The molecule has 1 aromatic heterocycles. The van der Waals surface area contributed by atoms with Crippen LogP contribution in [0.1, 0.15) is 11.3 Å². The van der Waals surface area contributed by atoms with Gasteiger partial charge in [0.05, 0.1) is 0 Å². The Bertz CT molecular complexity index is 163. The van der Waals surface area contributed by atoms with Gasteiger partial charge in [0.15, 0.2) is 0 Å². The molecular weight excluding hydrogens is 100 g/mol. The molecule has 0 aliphatic rings. The van der Waals surface area contributed by atoms with Crippen molar-refractivity contribution < 1.29 is 0 Å². The first-order valence-corrected chi connectivity index (χ1v) is 2.39. The molecule has 0 saturated heterocycles. The Kier molecular flexibility index (Phi) is 1.24. The molecule has 0 aliphatic heterocycles. The summed E-state index contributed by atoms with van der Waals surface area (Å²) < 4.78 is 0. The molecule has 0 aliphatic carbocycles. The van der Waals surface area contributed by atoms with Crippen LogP contribution in [0.5, 0.6) is 0 Å². The molecule has 0 N–H and O–H groups in total. The molecule has 0 aromatic carbocycles. The zero-order valence-electron chi connectivity index (χ0n) is 4.76. The van der Waals surface area contributed by atoms with Gasteiger partial charge in [0.25, 0.3) is 0 Å². The van der Waals surface area contributed by atoms with Crippen molar-refractivity contribution in [3.63, 3.8) is 0 Å². The summed E-state index contributed by atoms with van der Waals surface area (Å²) in [6.45, 7) is 5.60. The predicted molar refractivity (Wildman–Crippen MR) is 31.2 cm³/mol. The van der Waals surface area contributed by atoms with Crippen molar-refractivity contribution in [2.24, 2.45) is 0 Å². The summed E-state index contributed by atoms with van der Waals surface area (Å²) in [6.07, 6.45) is 3.24. The lowest BCUT2D eigenvalue weighted by atomic mass is 10.3. The van der Waals surface area contributed by atoms with Crippen LogP contribution in [0.4, 0.5) is 0 Å². The molecule has 1 radical (unpaired) electrons. The van der Waals surface area contributed by atoms with Crippen molar-refractivity contribution >= 4 is 0 Å². The van der Waals surface area contributed by atoms with Gasteiger partial charge in [-0.1, -0.05) is 0 Å². The maximum absolute atomic E-state index is 3.86. The van der Waals surface area contributed by atoms with E-state index in [1.807, 2.05) is 6.92 Å². The van der Waals surface area contributed by atoms with E-state index in [2.05, 4.69) is 16.9 Å². The molecule has 2 heteroatoms. The second kappa shape index (κ2) is 1.90. The third kappa shape index (κ3) is 0.832. The Labute approximate surface area is 48.6 Å². The second-order valence-corrected chi connectivity index (χ2v) is 1.65. The Balaban J connectivity index is 3.13. The molecule has 0 unspecified atom stereocenters. The van der Waals surface area contributed by atoms with E-state index in [9.17, 15) is 0 Å². The SMILES string of the molecule is [CH2]c1ncncc1C. The van der Waals surface area contributed by atoms with E-state index < -0.39 is 0 Å². The highest BCUT2D eigenvalue weighted by Crippen LogP contribution is 1.95. The molecule has 1 heterocycles. The lowest BCUT2D eigenvalue weighted by Gasteiger charge is -1.91. The second-order valence-electron chi connectivity index (χ2n) is 1.65. The lowest BCUT2D eigenvalue weighted by Crippen LogP contribution is -1.85. The van der Waals surface area contributed by atoms with Crippen molar-refractivity contribution in [3.05, 3.63) is 30.7 Å². The fourth-order valence-corrected chi connectivity index (χ4v) is 0.424. The zero-order valence-corrected chi connectivity index (χ0v) is 4.76. The zero-order chi connectivity index (χ0) is 5.98. The summed E-state index contributed by atoms with van der Waals surface area (Å²) in [7, 11) is 0. The first-order chi connectivity index (χ1) is 3.80. The highest BCUT2D eigenvalue weighted by atomic mass is 14.8. The highest BCUT2D eigenvalue weighted by Gasteiger charge is 1.86. The van der Waals surface area contributed by atoms with E-state index in [4.69, 9.17) is 0 Å². The quantitative estimate of drug-likeness (QED) is 0.493. The topological polar surface area (TPSA) is 25.8 Å². The average Bonchev–Trinajstić information content (AvgIpc) is 1.77. The molecule has 0 spiro atoms. The number of hydrogen-bond acceptors (Lipinski definition) is 2. The standard InChI is InChI=1S/C6H7N2/c1-5-3-7-4-8-6(5)2/h3-4H,2H2,1H3. The molecule has 0 fully saturated rings. The molecule has 0 bridgehead atoms. The molecule has 1 rings (SSSR count). The van der Waals surface area contributed by atoms with Crippen molar-refractivity contribution in [2.45, 2.75) is 6.92 Å². The van der Waals surface area contributed by atoms with E-state index in [0.717, 1.165) is 11.3 Å². The van der Waals surface area contributed by atoms with Crippen LogP contribution in [0.25, 0.3) is 0 Å². The van der Waals surface area contributed by atoms with E-state index in [1.165, 1.54) is 6.33 Å². The van der Waals surface area contributed by atoms with Gasteiger partial charge >= 0.3 is 0 Å². The number of nitrogens with zero attached hydrogens (tertiary/aromatic N) is 2. The molecule has 2 nitrogen and oxygen atoms in total. The number of aromatic nitrogens is 2. The normalized spacial score (nSPS) is 9.25. The van der Waals surface area contributed by atoms with Crippen LogP contribution in [0.15, 0.2) is 12.5 Å². The third-order valence-corrected chi connectivity index (χ3v) is 1.00. The molecule has 0 saturated carbocycles. The Morgan fingerprint density at radius 3 is 2.75 bits per heavy atom. The molecular formula is C6H7N2. The summed E-state index contributed by atoms with van der Waals surface area (Å²) in [5.41, 5.74) is 1.84. The number of aryl methyl sites for hydroxylation is 1. The van der Waals surface area contributed by atoms with Crippen LogP contribution >= 0.6 is 0 Å². The molecule has 0 amide bonds. The Hall–Kier alpha value is -0.920. The predicted octanol–water partition coefficient (Wildman–Crippen LogP) is 0.967. The first-order valence-electron chi connectivity index (χ1n) is 2.39. The maximum Gasteiger partial charge on any atom is 0.115 e. The van der Waals surface area contributed by atoms with Crippen molar-refractivity contribution in [3.8, 4) is 0 Å². The van der Waals surface area contributed by atoms with Gasteiger partial charge in [-0.3, -0.25) is 0 Å². The van der Waals surface area contributed by atoms with E-state index in [-0.39, 0.29) is 0 Å². The third-order valence-electron chi connectivity index (χ3n) is 1.00. The van der Waals surface area contributed by atoms with Gasteiger partial charge < -0.3 is 0 Å². The molecule has 41 valence electrons. The summed E-state index contributed by atoms with van der Waals surface area (Å²) in [5, 5.41) is 0. The van der Waals surface area contributed by atoms with Crippen LogP contribution in [0.2, 0.25) is 0 Å². The van der Waals surface area contributed by atoms with Crippen LogP contribution in [0, 0.1) is 13.8 Å². The van der Waals surface area contributed by atoms with Gasteiger partial charge in [0.1, 0.15) is 6.33 Å². The maximum atomic E-state index is 3.86. The van der Waals surface area contributed by atoms with Gasteiger partial charge in [-0.15, -0.1) is 0 Å². The van der Waals surface area contributed by atoms with Crippen molar-refractivity contribution in [1.29, 1.82) is 0 Å². The smallest absolute Gasteiger partial charge is 0.115 e.